The van der Waals surface area contributed by atoms with Crippen molar-refractivity contribution in [3.8, 4) is 0 Å². The zero-order chi connectivity index (χ0) is 14.6. The molecule has 0 aromatic carbocycles. The summed E-state index contributed by atoms with van der Waals surface area (Å²) in [5, 5.41) is 0. The zero-order valence-corrected chi connectivity index (χ0v) is 12.5. The van der Waals surface area contributed by atoms with E-state index in [1.54, 1.807) is 11.1 Å². The van der Waals surface area contributed by atoms with Gasteiger partial charge >= 0.3 is 0 Å². The van der Waals surface area contributed by atoms with Crippen LogP contribution in [0.25, 0.3) is 0 Å². The molecule has 0 atom stereocenters. The molecule has 1 aromatic rings. The van der Waals surface area contributed by atoms with Gasteiger partial charge in [0, 0.05) is 32.5 Å². The molecule has 2 rings (SSSR count). The third-order valence-corrected chi connectivity index (χ3v) is 4.57. The molecule has 0 spiro atoms. The fraction of sp³-hybridized carbons (Fsp3) is 0.625. The summed E-state index contributed by atoms with van der Waals surface area (Å²) in [7, 11) is 1.87. The Kier molecular flexibility index (Phi) is 4.76. The molecule has 20 heavy (non-hydrogen) atoms. The maximum Gasteiger partial charge on any atom is 0.230 e. The average molecular weight is 275 g/mol. The van der Waals surface area contributed by atoms with Crippen LogP contribution in [-0.2, 0) is 11.3 Å². The van der Waals surface area contributed by atoms with E-state index in [0.717, 1.165) is 31.2 Å². The van der Waals surface area contributed by atoms with Crippen LogP contribution in [0.3, 0.4) is 0 Å². The number of nitrogens with zero attached hydrogens (tertiary/aromatic N) is 2. The Balaban J connectivity index is 2.05. The first-order valence-electron chi connectivity index (χ1n) is 7.42. The molecular weight excluding hydrogens is 250 g/mol. The van der Waals surface area contributed by atoms with E-state index in [1.807, 2.05) is 25.4 Å². The van der Waals surface area contributed by atoms with E-state index >= 15 is 0 Å². The molecule has 4 heteroatoms. The smallest absolute Gasteiger partial charge is 0.230 e. The van der Waals surface area contributed by atoms with Crippen LogP contribution >= 0.6 is 0 Å². The van der Waals surface area contributed by atoms with Crippen LogP contribution in [0.15, 0.2) is 24.5 Å². The van der Waals surface area contributed by atoms with Gasteiger partial charge in [0.25, 0.3) is 0 Å². The summed E-state index contributed by atoms with van der Waals surface area (Å²) in [6.45, 7) is 3.31. The highest BCUT2D eigenvalue weighted by Gasteiger charge is 2.41. The first-order valence-corrected chi connectivity index (χ1v) is 7.42. The largest absolute Gasteiger partial charge is 0.341 e. The number of hydrogen-bond acceptors (Lipinski definition) is 3. The molecule has 2 N–H and O–H groups in total. The number of aromatic nitrogens is 1. The van der Waals surface area contributed by atoms with Crippen LogP contribution in [0.5, 0.6) is 0 Å². The Morgan fingerprint density at radius 1 is 1.50 bits per heavy atom. The minimum atomic E-state index is -0.344. The molecule has 1 saturated carbocycles. The van der Waals surface area contributed by atoms with Crippen molar-refractivity contribution in [3.63, 3.8) is 0 Å². The van der Waals surface area contributed by atoms with E-state index < -0.39 is 0 Å². The molecule has 1 aliphatic rings. The van der Waals surface area contributed by atoms with Crippen LogP contribution in [0.2, 0.25) is 0 Å². The summed E-state index contributed by atoms with van der Waals surface area (Å²) in [4.78, 5) is 18.7. The van der Waals surface area contributed by atoms with Crippen LogP contribution < -0.4 is 5.73 Å². The van der Waals surface area contributed by atoms with Gasteiger partial charge in [0.2, 0.25) is 5.91 Å². The second-order valence-electron chi connectivity index (χ2n) is 6.19. The van der Waals surface area contributed by atoms with Gasteiger partial charge in [-0.3, -0.25) is 9.78 Å². The summed E-state index contributed by atoms with van der Waals surface area (Å²) >= 11 is 0. The van der Waals surface area contributed by atoms with Gasteiger partial charge in [-0.15, -0.1) is 0 Å². The molecule has 0 aliphatic heterocycles. The molecule has 1 fully saturated rings. The van der Waals surface area contributed by atoms with Crippen molar-refractivity contribution in [3.05, 3.63) is 30.1 Å². The first-order chi connectivity index (χ1) is 9.57. The summed E-state index contributed by atoms with van der Waals surface area (Å²) in [5.41, 5.74) is 6.67. The van der Waals surface area contributed by atoms with Crippen molar-refractivity contribution in [2.24, 2.45) is 17.1 Å². The van der Waals surface area contributed by atoms with Gasteiger partial charge in [-0.25, -0.2) is 0 Å². The van der Waals surface area contributed by atoms with Gasteiger partial charge in [-0.05, 0) is 43.2 Å². The van der Waals surface area contributed by atoms with Gasteiger partial charge < -0.3 is 10.6 Å². The Hall–Kier alpha value is -1.42. The molecular formula is C16H25N3O. The van der Waals surface area contributed by atoms with E-state index in [1.165, 1.54) is 0 Å². The fourth-order valence-electron chi connectivity index (χ4n) is 3.06. The van der Waals surface area contributed by atoms with E-state index in [0.29, 0.717) is 19.0 Å². The molecule has 1 aliphatic carbocycles. The normalized spacial score (nSPS) is 26.2. The Morgan fingerprint density at radius 3 is 2.75 bits per heavy atom. The minimum absolute atomic E-state index is 0.191. The standard InChI is InChI=1S/C16H25N3O/c1-13-5-7-16(12-17,8-6-13)15(20)19(2)11-14-4-3-9-18-10-14/h3-4,9-10,13H,5-8,11-12,17H2,1-2H3. The SMILES string of the molecule is CC1CCC(CN)(C(=O)N(C)Cc2cccnc2)CC1. The molecule has 0 saturated heterocycles. The van der Waals surface area contributed by atoms with Crippen molar-refractivity contribution in [2.45, 2.75) is 39.2 Å². The van der Waals surface area contributed by atoms with Gasteiger partial charge in [-0.1, -0.05) is 13.0 Å². The molecule has 110 valence electrons. The Labute approximate surface area is 121 Å². The third-order valence-electron chi connectivity index (χ3n) is 4.57. The maximum absolute atomic E-state index is 12.8. The molecule has 0 radical (unpaired) electrons. The second-order valence-corrected chi connectivity index (χ2v) is 6.19. The van der Waals surface area contributed by atoms with E-state index in [2.05, 4.69) is 11.9 Å². The fourth-order valence-corrected chi connectivity index (χ4v) is 3.06. The number of nitrogens with two attached hydrogens (primary N) is 1. The summed E-state index contributed by atoms with van der Waals surface area (Å²) in [5.74, 6) is 0.904. The number of hydrogen-bond donors (Lipinski definition) is 1. The van der Waals surface area contributed by atoms with Gasteiger partial charge in [0.15, 0.2) is 0 Å². The van der Waals surface area contributed by atoms with Crippen molar-refractivity contribution in [2.75, 3.05) is 13.6 Å². The predicted octanol–water partition coefficient (Wildman–Crippen LogP) is 2.20. The van der Waals surface area contributed by atoms with Crippen LogP contribution in [0, 0.1) is 11.3 Å². The Morgan fingerprint density at radius 2 is 2.20 bits per heavy atom. The van der Waals surface area contributed by atoms with Crippen molar-refractivity contribution in [1.29, 1.82) is 0 Å². The number of rotatable bonds is 4. The minimum Gasteiger partial charge on any atom is -0.341 e. The summed E-state index contributed by atoms with van der Waals surface area (Å²) in [6, 6.07) is 3.89. The zero-order valence-electron chi connectivity index (χ0n) is 12.5. The first kappa shape index (κ1) is 15.0. The maximum atomic E-state index is 12.8. The molecule has 0 unspecified atom stereocenters. The summed E-state index contributed by atoms with van der Waals surface area (Å²) in [6.07, 6.45) is 7.59. The van der Waals surface area contributed by atoms with Crippen LogP contribution in [0.1, 0.15) is 38.2 Å². The number of pyridine rings is 1. The highest BCUT2D eigenvalue weighted by atomic mass is 16.2. The molecule has 0 bridgehead atoms. The van der Waals surface area contributed by atoms with Crippen LogP contribution in [0.4, 0.5) is 0 Å². The Bertz CT molecular complexity index is 438. The van der Waals surface area contributed by atoms with E-state index in [-0.39, 0.29) is 11.3 Å². The number of carbonyl (C=O) groups is 1. The molecule has 1 aromatic heterocycles. The lowest BCUT2D eigenvalue weighted by atomic mass is 9.70. The van der Waals surface area contributed by atoms with E-state index in [4.69, 9.17) is 5.73 Å². The van der Waals surface area contributed by atoms with Gasteiger partial charge in [-0.2, -0.15) is 0 Å². The van der Waals surface area contributed by atoms with Crippen molar-refractivity contribution < 1.29 is 4.79 Å². The van der Waals surface area contributed by atoms with Gasteiger partial charge in [0.1, 0.15) is 0 Å². The highest BCUT2D eigenvalue weighted by molar-refractivity contribution is 5.83. The molecule has 4 nitrogen and oxygen atoms in total. The van der Waals surface area contributed by atoms with Crippen molar-refractivity contribution >= 4 is 5.91 Å². The van der Waals surface area contributed by atoms with Gasteiger partial charge in [0.05, 0.1) is 5.41 Å². The lowest BCUT2D eigenvalue weighted by Crippen LogP contribution is -2.48. The monoisotopic (exact) mass is 275 g/mol. The highest BCUT2D eigenvalue weighted by Crippen LogP contribution is 2.39. The quantitative estimate of drug-likeness (QED) is 0.916. The lowest BCUT2D eigenvalue weighted by molar-refractivity contribution is -0.143. The predicted molar refractivity (Wildman–Crippen MR) is 79.8 cm³/mol. The molecule has 1 amide bonds. The second kappa shape index (κ2) is 6.35. The van der Waals surface area contributed by atoms with Crippen molar-refractivity contribution in [1.82, 2.24) is 9.88 Å². The lowest BCUT2D eigenvalue weighted by Gasteiger charge is -2.39. The number of amides is 1. The third kappa shape index (κ3) is 3.18. The topological polar surface area (TPSA) is 59.2 Å². The molecule has 1 heterocycles. The van der Waals surface area contributed by atoms with Crippen LogP contribution in [-0.4, -0.2) is 29.4 Å². The summed E-state index contributed by atoms with van der Waals surface area (Å²) < 4.78 is 0. The number of carbonyl (C=O) groups excluding carboxylic acids is 1. The van der Waals surface area contributed by atoms with E-state index in [9.17, 15) is 4.79 Å². The average Bonchev–Trinajstić information content (AvgIpc) is 2.49.